The van der Waals surface area contributed by atoms with Crippen LogP contribution in [0.3, 0.4) is 0 Å². The molecule has 8 heteroatoms. The molecule has 24 heavy (non-hydrogen) atoms. The first-order chi connectivity index (χ1) is 11.4. The zero-order valence-corrected chi connectivity index (χ0v) is 14.6. The lowest BCUT2D eigenvalue weighted by Gasteiger charge is -2.08. The van der Waals surface area contributed by atoms with E-state index in [0.717, 1.165) is 5.56 Å². The molecular formula is C16H14FN3O2S2. The molecule has 3 aromatic rings. The van der Waals surface area contributed by atoms with Gasteiger partial charge in [-0.3, -0.25) is 9.71 Å². The first-order valence-corrected chi connectivity index (χ1v) is 9.38. The Bertz CT molecular complexity index is 963. The summed E-state index contributed by atoms with van der Waals surface area (Å²) in [5.74, 6) is -0.401. The Labute approximate surface area is 143 Å². The van der Waals surface area contributed by atoms with E-state index in [1.807, 2.05) is 6.07 Å². The molecule has 0 amide bonds. The highest BCUT2D eigenvalue weighted by atomic mass is 32.2. The van der Waals surface area contributed by atoms with Gasteiger partial charge < -0.3 is 0 Å². The van der Waals surface area contributed by atoms with E-state index < -0.39 is 15.8 Å². The van der Waals surface area contributed by atoms with E-state index in [1.165, 1.54) is 37.3 Å². The second-order valence-electron chi connectivity index (χ2n) is 5.26. The Kier molecular flexibility index (Phi) is 4.33. The average Bonchev–Trinajstić information content (AvgIpc) is 3.00. The largest absolute Gasteiger partial charge is 0.264 e. The third-order valence-corrected chi connectivity index (χ3v) is 5.61. The molecule has 0 atom stereocenters. The Morgan fingerprint density at radius 1 is 1.21 bits per heavy atom. The van der Waals surface area contributed by atoms with Crippen LogP contribution in [0.15, 0.2) is 46.9 Å². The van der Waals surface area contributed by atoms with E-state index in [4.69, 9.17) is 0 Å². The topological polar surface area (TPSA) is 72.0 Å². The number of anilines is 1. The summed E-state index contributed by atoms with van der Waals surface area (Å²) in [6, 6.07) is 6.23. The molecule has 0 bridgehead atoms. The van der Waals surface area contributed by atoms with Gasteiger partial charge in [0.05, 0.1) is 10.6 Å². The predicted molar refractivity (Wildman–Crippen MR) is 92.0 cm³/mol. The molecule has 2 aromatic heterocycles. The smallest absolute Gasteiger partial charge is 0.263 e. The van der Waals surface area contributed by atoms with Gasteiger partial charge >= 0.3 is 0 Å². The third-order valence-electron chi connectivity index (χ3n) is 3.40. The monoisotopic (exact) mass is 363 g/mol. The predicted octanol–water partition coefficient (Wildman–Crippen LogP) is 3.76. The Hall–Kier alpha value is -2.32. The van der Waals surface area contributed by atoms with Crippen molar-refractivity contribution in [2.24, 2.45) is 0 Å². The number of nitrogens with one attached hydrogen (secondary N) is 1. The molecule has 0 saturated heterocycles. The molecule has 0 unspecified atom stereocenters. The van der Waals surface area contributed by atoms with E-state index in [9.17, 15) is 12.8 Å². The fourth-order valence-electron chi connectivity index (χ4n) is 2.20. The quantitative estimate of drug-likeness (QED) is 0.766. The van der Waals surface area contributed by atoms with Gasteiger partial charge in [0.1, 0.15) is 5.82 Å². The molecule has 0 spiro atoms. The summed E-state index contributed by atoms with van der Waals surface area (Å²) in [4.78, 5) is 8.29. The van der Waals surface area contributed by atoms with Gasteiger partial charge in [-0.25, -0.2) is 17.8 Å². The lowest BCUT2D eigenvalue weighted by molar-refractivity contribution is 0.595. The van der Waals surface area contributed by atoms with Crippen LogP contribution in [0.4, 0.5) is 9.52 Å². The number of aromatic nitrogens is 2. The number of sulfonamides is 1. The molecule has 1 N–H and O–H groups in total. The molecule has 2 heterocycles. The van der Waals surface area contributed by atoms with Crippen LogP contribution in [-0.4, -0.2) is 18.4 Å². The molecule has 124 valence electrons. The summed E-state index contributed by atoms with van der Waals surface area (Å²) in [5, 5.41) is 1.99. The van der Waals surface area contributed by atoms with E-state index in [1.54, 1.807) is 23.8 Å². The van der Waals surface area contributed by atoms with Gasteiger partial charge in [-0.1, -0.05) is 0 Å². The summed E-state index contributed by atoms with van der Waals surface area (Å²) in [5.41, 5.74) is 2.00. The van der Waals surface area contributed by atoms with Crippen LogP contribution < -0.4 is 4.72 Å². The van der Waals surface area contributed by atoms with Gasteiger partial charge in [-0.05, 0) is 49.2 Å². The summed E-state index contributed by atoms with van der Waals surface area (Å²) < 4.78 is 41.1. The standard InChI is InChI=1S/C16H14FN3O2S2/c1-10-6-13(7-11(2)15(10)17)24(21,22)20-16-19-14(9-23-16)12-4-3-5-18-8-12/h3-9H,1-2H3,(H,19,20). The first-order valence-electron chi connectivity index (χ1n) is 7.02. The Morgan fingerprint density at radius 3 is 2.54 bits per heavy atom. The second-order valence-corrected chi connectivity index (χ2v) is 7.80. The number of hydrogen-bond acceptors (Lipinski definition) is 5. The van der Waals surface area contributed by atoms with Crippen LogP contribution in [0.1, 0.15) is 11.1 Å². The van der Waals surface area contributed by atoms with Crippen molar-refractivity contribution in [2.45, 2.75) is 18.7 Å². The second kappa shape index (κ2) is 6.29. The maximum Gasteiger partial charge on any atom is 0.263 e. The summed E-state index contributed by atoms with van der Waals surface area (Å²) in [6.07, 6.45) is 3.30. The van der Waals surface area contributed by atoms with Gasteiger partial charge in [-0.2, -0.15) is 0 Å². The molecule has 0 fully saturated rings. The summed E-state index contributed by atoms with van der Waals surface area (Å²) >= 11 is 1.17. The molecule has 0 aliphatic heterocycles. The molecule has 0 saturated carbocycles. The minimum absolute atomic E-state index is 0.0111. The molecular weight excluding hydrogens is 349 g/mol. The number of halogens is 1. The summed E-state index contributed by atoms with van der Waals surface area (Å²) in [6.45, 7) is 3.07. The third kappa shape index (κ3) is 3.29. The zero-order valence-electron chi connectivity index (χ0n) is 12.9. The van der Waals surface area contributed by atoms with Gasteiger partial charge in [0, 0.05) is 23.3 Å². The van der Waals surface area contributed by atoms with Gasteiger partial charge in [0.2, 0.25) is 0 Å². The highest BCUT2D eigenvalue weighted by molar-refractivity contribution is 7.93. The average molecular weight is 363 g/mol. The maximum absolute atomic E-state index is 13.7. The van der Waals surface area contributed by atoms with E-state index >= 15 is 0 Å². The van der Waals surface area contributed by atoms with Gasteiger partial charge in [-0.15, -0.1) is 11.3 Å². The van der Waals surface area contributed by atoms with Crippen molar-refractivity contribution < 1.29 is 12.8 Å². The lowest BCUT2D eigenvalue weighted by atomic mass is 10.1. The number of nitrogens with zero attached hydrogens (tertiary/aromatic N) is 2. The molecule has 3 rings (SSSR count). The number of rotatable bonds is 4. The molecule has 1 aromatic carbocycles. The van der Waals surface area contributed by atoms with Crippen molar-refractivity contribution in [3.8, 4) is 11.3 Å². The van der Waals surface area contributed by atoms with Crippen LogP contribution >= 0.6 is 11.3 Å². The highest BCUT2D eigenvalue weighted by Crippen LogP contribution is 2.27. The molecule has 0 aliphatic carbocycles. The number of hydrogen-bond donors (Lipinski definition) is 1. The minimum Gasteiger partial charge on any atom is -0.264 e. The van der Waals surface area contributed by atoms with E-state index in [-0.39, 0.29) is 21.2 Å². The van der Waals surface area contributed by atoms with E-state index in [2.05, 4.69) is 14.7 Å². The number of aryl methyl sites for hydroxylation is 2. The fraction of sp³-hybridized carbons (Fsp3) is 0.125. The highest BCUT2D eigenvalue weighted by Gasteiger charge is 2.19. The van der Waals surface area contributed by atoms with Gasteiger partial charge in [0.25, 0.3) is 10.0 Å². The molecule has 0 radical (unpaired) electrons. The van der Waals surface area contributed by atoms with Crippen molar-refractivity contribution in [2.75, 3.05) is 4.72 Å². The van der Waals surface area contributed by atoms with Crippen molar-refractivity contribution in [1.82, 2.24) is 9.97 Å². The number of pyridine rings is 1. The molecule has 5 nitrogen and oxygen atoms in total. The first kappa shape index (κ1) is 16.5. The van der Waals surface area contributed by atoms with Gasteiger partial charge in [0.15, 0.2) is 5.13 Å². The fourth-order valence-corrected chi connectivity index (χ4v) is 4.34. The van der Waals surface area contributed by atoms with Crippen LogP contribution in [0.25, 0.3) is 11.3 Å². The van der Waals surface area contributed by atoms with Crippen molar-refractivity contribution in [3.05, 3.63) is 59.0 Å². The number of benzene rings is 1. The number of thiazole rings is 1. The SMILES string of the molecule is Cc1cc(S(=O)(=O)Nc2nc(-c3cccnc3)cs2)cc(C)c1F. The summed E-state index contributed by atoms with van der Waals surface area (Å²) in [7, 11) is -3.83. The van der Waals surface area contributed by atoms with Crippen molar-refractivity contribution in [3.63, 3.8) is 0 Å². The van der Waals surface area contributed by atoms with Crippen LogP contribution in [-0.2, 0) is 10.0 Å². The van der Waals surface area contributed by atoms with E-state index in [0.29, 0.717) is 5.69 Å². The van der Waals surface area contributed by atoms with Crippen molar-refractivity contribution >= 4 is 26.5 Å². The van der Waals surface area contributed by atoms with Crippen LogP contribution in [0.2, 0.25) is 0 Å². The zero-order chi connectivity index (χ0) is 17.3. The van der Waals surface area contributed by atoms with Crippen LogP contribution in [0, 0.1) is 19.7 Å². The maximum atomic E-state index is 13.7. The normalized spacial score (nSPS) is 11.5. The lowest BCUT2D eigenvalue weighted by Crippen LogP contribution is -2.13. The van der Waals surface area contributed by atoms with Crippen molar-refractivity contribution in [1.29, 1.82) is 0 Å². The Morgan fingerprint density at radius 2 is 1.92 bits per heavy atom. The minimum atomic E-state index is -3.83. The Balaban J connectivity index is 1.89. The molecule has 0 aliphatic rings. The van der Waals surface area contributed by atoms with Crippen LogP contribution in [0.5, 0.6) is 0 Å².